The Hall–Kier alpha value is -3.38. The fourth-order valence-corrected chi connectivity index (χ4v) is 3.76. The number of para-hydroxylation sites is 1. The number of amides is 2. The molecule has 0 heterocycles. The summed E-state index contributed by atoms with van der Waals surface area (Å²) >= 11 is 6.18. The second-order valence-electron chi connectivity index (χ2n) is 8.39. The number of carbonyl (C=O) groups excluding carboxylic acids is 2. The Bertz CT molecular complexity index is 1110. The van der Waals surface area contributed by atoms with Crippen molar-refractivity contribution in [2.75, 3.05) is 6.61 Å². The van der Waals surface area contributed by atoms with E-state index in [0.29, 0.717) is 22.8 Å². The Balaban J connectivity index is 1.91. The van der Waals surface area contributed by atoms with Crippen LogP contribution in [-0.2, 0) is 22.6 Å². The highest BCUT2D eigenvalue weighted by Gasteiger charge is 2.31. The lowest BCUT2D eigenvalue weighted by Crippen LogP contribution is -2.53. The molecule has 0 aliphatic carbocycles. The molecule has 0 saturated heterocycles. The first-order chi connectivity index (χ1) is 16.9. The van der Waals surface area contributed by atoms with Crippen LogP contribution in [0.15, 0.2) is 78.9 Å². The van der Waals surface area contributed by atoms with Gasteiger partial charge in [0.2, 0.25) is 5.91 Å². The SMILES string of the molecule is CCC(C)NC(=O)C(Cc1ccccc1)N(Cc1ccc(F)cc1)C(=O)COc1ccccc1Cl. The summed E-state index contributed by atoms with van der Waals surface area (Å²) in [5.74, 6) is -0.622. The quantitative estimate of drug-likeness (QED) is 0.386. The van der Waals surface area contributed by atoms with Gasteiger partial charge in [-0.3, -0.25) is 9.59 Å². The van der Waals surface area contributed by atoms with Crippen LogP contribution in [0.25, 0.3) is 0 Å². The molecule has 0 fully saturated rings. The number of benzene rings is 3. The highest BCUT2D eigenvalue weighted by atomic mass is 35.5. The molecule has 3 rings (SSSR count). The van der Waals surface area contributed by atoms with Gasteiger partial charge in [-0.25, -0.2) is 4.39 Å². The molecule has 2 unspecified atom stereocenters. The number of rotatable bonds is 11. The van der Waals surface area contributed by atoms with E-state index in [4.69, 9.17) is 16.3 Å². The predicted octanol–water partition coefficient (Wildman–Crippen LogP) is 5.41. The summed E-state index contributed by atoms with van der Waals surface area (Å²) in [6.45, 7) is 3.73. The highest BCUT2D eigenvalue weighted by Crippen LogP contribution is 2.23. The molecular formula is C28H30ClFN2O3. The summed E-state index contributed by atoms with van der Waals surface area (Å²) in [5.41, 5.74) is 1.62. The van der Waals surface area contributed by atoms with Gasteiger partial charge in [0.25, 0.3) is 5.91 Å². The van der Waals surface area contributed by atoms with Crippen LogP contribution in [0.4, 0.5) is 4.39 Å². The van der Waals surface area contributed by atoms with E-state index < -0.39 is 6.04 Å². The molecule has 0 saturated carbocycles. The average Bonchev–Trinajstić information content (AvgIpc) is 2.87. The molecule has 0 bridgehead atoms. The van der Waals surface area contributed by atoms with Crippen LogP contribution in [0, 0.1) is 5.82 Å². The first-order valence-corrected chi connectivity index (χ1v) is 12.0. The van der Waals surface area contributed by atoms with E-state index in [9.17, 15) is 14.0 Å². The summed E-state index contributed by atoms with van der Waals surface area (Å²) in [6, 6.07) is 21.5. The molecule has 3 aromatic carbocycles. The average molecular weight is 497 g/mol. The van der Waals surface area contributed by atoms with E-state index in [0.717, 1.165) is 12.0 Å². The zero-order chi connectivity index (χ0) is 25.2. The van der Waals surface area contributed by atoms with E-state index in [2.05, 4.69) is 5.32 Å². The Morgan fingerprint density at radius 2 is 1.63 bits per heavy atom. The normalized spacial score (nSPS) is 12.5. The Morgan fingerprint density at radius 3 is 2.29 bits per heavy atom. The van der Waals surface area contributed by atoms with Crippen molar-refractivity contribution in [2.24, 2.45) is 0 Å². The van der Waals surface area contributed by atoms with Gasteiger partial charge in [0, 0.05) is 19.0 Å². The lowest BCUT2D eigenvalue weighted by atomic mass is 10.0. The summed E-state index contributed by atoms with van der Waals surface area (Å²) in [4.78, 5) is 28.4. The summed E-state index contributed by atoms with van der Waals surface area (Å²) in [7, 11) is 0. The van der Waals surface area contributed by atoms with Gasteiger partial charge in [0.1, 0.15) is 17.6 Å². The molecule has 0 spiro atoms. The maximum atomic E-state index is 13.5. The minimum atomic E-state index is -0.793. The van der Waals surface area contributed by atoms with E-state index in [-0.39, 0.29) is 36.8 Å². The van der Waals surface area contributed by atoms with E-state index in [1.165, 1.54) is 17.0 Å². The van der Waals surface area contributed by atoms with Crippen molar-refractivity contribution in [3.05, 3.63) is 101 Å². The second-order valence-corrected chi connectivity index (χ2v) is 8.80. The van der Waals surface area contributed by atoms with Crippen molar-refractivity contribution in [1.82, 2.24) is 10.2 Å². The van der Waals surface area contributed by atoms with Crippen molar-refractivity contribution in [2.45, 2.75) is 45.3 Å². The molecular weight excluding hydrogens is 467 g/mol. The van der Waals surface area contributed by atoms with Gasteiger partial charge < -0.3 is 15.0 Å². The van der Waals surface area contributed by atoms with Crippen LogP contribution in [0.3, 0.4) is 0 Å². The summed E-state index contributed by atoms with van der Waals surface area (Å²) in [5, 5.41) is 3.40. The molecule has 1 N–H and O–H groups in total. The zero-order valence-electron chi connectivity index (χ0n) is 19.9. The van der Waals surface area contributed by atoms with Crippen LogP contribution in [0.5, 0.6) is 5.75 Å². The fraction of sp³-hybridized carbons (Fsp3) is 0.286. The smallest absolute Gasteiger partial charge is 0.261 e. The lowest BCUT2D eigenvalue weighted by molar-refractivity contribution is -0.143. The van der Waals surface area contributed by atoms with Crippen molar-refractivity contribution < 1.29 is 18.7 Å². The van der Waals surface area contributed by atoms with Crippen LogP contribution < -0.4 is 10.1 Å². The minimum absolute atomic E-state index is 0.0529. The number of ether oxygens (including phenoxy) is 1. The summed E-state index contributed by atoms with van der Waals surface area (Å²) in [6.07, 6.45) is 1.08. The van der Waals surface area contributed by atoms with E-state index in [1.807, 2.05) is 44.2 Å². The standard InChI is InChI=1S/C28H30ClFN2O3/c1-3-20(2)31-28(34)25(17-21-9-5-4-6-10-21)32(18-22-13-15-23(30)16-14-22)27(33)19-35-26-12-8-7-11-24(26)29/h4-16,20,25H,3,17-19H2,1-2H3,(H,31,34). The van der Waals surface area contributed by atoms with Gasteiger partial charge in [-0.2, -0.15) is 0 Å². The molecule has 5 nitrogen and oxygen atoms in total. The summed E-state index contributed by atoms with van der Waals surface area (Å²) < 4.78 is 19.2. The number of hydrogen-bond acceptors (Lipinski definition) is 3. The molecule has 184 valence electrons. The van der Waals surface area contributed by atoms with E-state index >= 15 is 0 Å². The Morgan fingerprint density at radius 1 is 0.971 bits per heavy atom. The van der Waals surface area contributed by atoms with Gasteiger partial charge in [0.05, 0.1) is 5.02 Å². The molecule has 0 aliphatic heterocycles. The zero-order valence-corrected chi connectivity index (χ0v) is 20.7. The number of nitrogens with one attached hydrogen (secondary N) is 1. The number of nitrogens with zero attached hydrogens (tertiary/aromatic N) is 1. The predicted molar refractivity (Wildman–Crippen MR) is 136 cm³/mol. The monoisotopic (exact) mass is 496 g/mol. The first-order valence-electron chi connectivity index (χ1n) is 11.6. The maximum absolute atomic E-state index is 13.5. The third kappa shape index (κ3) is 7.82. The minimum Gasteiger partial charge on any atom is -0.482 e. The van der Waals surface area contributed by atoms with Crippen molar-refractivity contribution in [3.63, 3.8) is 0 Å². The molecule has 0 aromatic heterocycles. The van der Waals surface area contributed by atoms with Crippen LogP contribution >= 0.6 is 11.6 Å². The molecule has 2 amide bonds. The van der Waals surface area contributed by atoms with Crippen LogP contribution in [-0.4, -0.2) is 35.4 Å². The fourth-order valence-electron chi connectivity index (χ4n) is 3.57. The topological polar surface area (TPSA) is 58.6 Å². The van der Waals surface area contributed by atoms with Gasteiger partial charge >= 0.3 is 0 Å². The van der Waals surface area contributed by atoms with Gasteiger partial charge in [-0.15, -0.1) is 0 Å². The number of hydrogen-bond donors (Lipinski definition) is 1. The van der Waals surface area contributed by atoms with Crippen molar-refractivity contribution >= 4 is 23.4 Å². The molecule has 0 radical (unpaired) electrons. The van der Waals surface area contributed by atoms with Gasteiger partial charge in [0.15, 0.2) is 6.61 Å². The van der Waals surface area contributed by atoms with Crippen molar-refractivity contribution in [3.8, 4) is 5.75 Å². The molecule has 2 atom stereocenters. The van der Waals surface area contributed by atoms with E-state index in [1.54, 1.807) is 36.4 Å². The third-order valence-corrected chi connectivity index (χ3v) is 6.04. The van der Waals surface area contributed by atoms with Gasteiger partial charge in [-0.05, 0) is 48.7 Å². The van der Waals surface area contributed by atoms with Crippen LogP contribution in [0.2, 0.25) is 5.02 Å². The Kier molecular flexibility index (Phi) is 9.67. The molecule has 35 heavy (non-hydrogen) atoms. The Labute approximate surface area is 210 Å². The van der Waals surface area contributed by atoms with Crippen molar-refractivity contribution in [1.29, 1.82) is 0 Å². The largest absolute Gasteiger partial charge is 0.482 e. The first kappa shape index (κ1) is 26.2. The van der Waals surface area contributed by atoms with Crippen LogP contribution in [0.1, 0.15) is 31.4 Å². The second kappa shape index (κ2) is 12.9. The highest BCUT2D eigenvalue weighted by molar-refractivity contribution is 6.32. The molecule has 3 aromatic rings. The lowest BCUT2D eigenvalue weighted by Gasteiger charge is -2.32. The molecule has 7 heteroatoms. The number of halogens is 2. The molecule has 0 aliphatic rings. The van der Waals surface area contributed by atoms with Gasteiger partial charge in [-0.1, -0.05) is 73.1 Å². The third-order valence-electron chi connectivity index (χ3n) is 5.73. The maximum Gasteiger partial charge on any atom is 0.261 e. The number of carbonyl (C=O) groups is 2.